The number of nitrogens with zero attached hydrogens (tertiary/aromatic N) is 4. The van der Waals surface area contributed by atoms with Gasteiger partial charge in [-0.3, -0.25) is 4.79 Å². The molecule has 1 aliphatic rings. The fraction of sp³-hybridized carbons (Fsp3) is 0.333. The summed E-state index contributed by atoms with van der Waals surface area (Å²) in [6, 6.07) is 0.673. The molecule has 0 bridgehead atoms. The fourth-order valence-electron chi connectivity index (χ4n) is 2.56. The third-order valence-electron chi connectivity index (χ3n) is 3.76. The minimum Gasteiger partial charge on any atom is -0.462 e. The van der Waals surface area contributed by atoms with E-state index in [0.717, 1.165) is 18.9 Å². The number of halogens is 2. The van der Waals surface area contributed by atoms with Crippen molar-refractivity contribution < 1.29 is 18.3 Å². The van der Waals surface area contributed by atoms with Crippen LogP contribution in [0.15, 0.2) is 22.2 Å². The number of fused-ring (bicyclic) bond motifs is 1. The molecule has 0 unspecified atom stereocenters. The molecule has 7 nitrogen and oxygen atoms in total. The maximum Gasteiger partial charge on any atom is 0.343 e. The van der Waals surface area contributed by atoms with Gasteiger partial charge in [0.05, 0.1) is 17.5 Å². The number of ether oxygens (including phenoxy) is 1. The summed E-state index contributed by atoms with van der Waals surface area (Å²) in [5.41, 5.74) is 6.36. The van der Waals surface area contributed by atoms with Crippen molar-refractivity contribution in [2.45, 2.75) is 25.8 Å². The molecule has 1 aromatic heterocycles. The molecule has 0 spiro atoms. The van der Waals surface area contributed by atoms with Crippen LogP contribution in [0.1, 0.15) is 36.2 Å². The monoisotopic (exact) mass is 334 g/mol. The number of aromatic nitrogens is 1. The third-order valence-corrected chi connectivity index (χ3v) is 3.76. The molecule has 0 atom stereocenters. The Morgan fingerprint density at radius 1 is 1.50 bits per heavy atom. The lowest BCUT2D eigenvalue weighted by atomic mass is 10.1. The number of hydrogen-bond donors (Lipinski definition) is 0. The van der Waals surface area contributed by atoms with E-state index in [1.807, 2.05) is 0 Å². The van der Waals surface area contributed by atoms with Gasteiger partial charge in [0.25, 0.3) is 0 Å². The van der Waals surface area contributed by atoms with Crippen LogP contribution in [-0.2, 0) is 4.74 Å². The van der Waals surface area contributed by atoms with Gasteiger partial charge in [0.1, 0.15) is 17.1 Å². The van der Waals surface area contributed by atoms with E-state index in [4.69, 9.17) is 10.3 Å². The van der Waals surface area contributed by atoms with Crippen LogP contribution in [0, 0.1) is 11.6 Å². The van der Waals surface area contributed by atoms with Crippen molar-refractivity contribution in [3.8, 4) is 0 Å². The topological polar surface area (TPSA) is 97.1 Å². The Kier molecular flexibility index (Phi) is 3.94. The van der Waals surface area contributed by atoms with Gasteiger partial charge < -0.3 is 9.30 Å². The van der Waals surface area contributed by atoms with E-state index in [0.29, 0.717) is 0 Å². The summed E-state index contributed by atoms with van der Waals surface area (Å²) in [7, 11) is 0. The molecule has 0 N–H and O–H groups in total. The summed E-state index contributed by atoms with van der Waals surface area (Å²) in [5, 5.41) is 2.72. The first-order valence-electron chi connectivity index (χ1n) is 7.28. The maximum atomic E-state index is 14.6. The highest BCUT2D eigenvalue weighted by atomic mass is 19.1. The predicted molar refractivity (Wildman–Crippen MR) is 81.2 cm³/mol. The summed E-state index contributed by atoms with van der Waals surface area (Å²) in [5.74, 6) is -3.14. The van der Waals surface area contributed by atoms with Gasteiger partial charge in [0, 0.05) is 17.2 Å². The second-order valence-electron chi connectivity index (χ2n) is 5.34. The van der Waals surface area contributed by atoms with Crippen molar-refractivity contribution in [1.29, 1.82) is 0 Å². The number of carbonyl (C=O) groups is 1. The first-order valence-corrected chi connectivity index (χ1v) is 7.28. The minimum absolute atomic E-state index is 0.0677. The predicted octanol–water partition coefficient (Wildman–Crippen LogP) is 3.73. The first-order chi connectivity index (χ1) is 11.5. The Balaban J connectivity index is 2.41. The van der Waals surface area contributed by atoms with Crippen LogP contribution < -0.4 is 5.43 Å². The molecule has 0 aliphatic heterocycles. The van der Waals surface area contributed by atoms with Crippen molar-refractivity contribution >= 4 is 22.6 Å². The molecule has 1 saturated carbocycles. The van der Waals surface area contributed by atoms with Gasteiger partial charge in [-0.1, -0.05) is 5.11 Å². The fourth-order valence-corrected chi connectivity index (χ4v) is 2.56. The summed E-state index contributed by atoms with van der Waals surface area (Å²) in [6.45, 7) is 1.65. The van der Waals surface area contributed by atoms with Gasteiger partial charge in [-0.15, -0.1) is 0 Å². The third kappa shape index (κ3) is 2.48. The quantitative estimate of drug-likeness (QED) is 0.369. The molecule has 2 aromatic rings. The lowest BCUT2D eigenvalue weighted by Crippen LogP contribution is -2.21. The molecule has 1 aromatic carbocycles. The second kappa shape index (κ2) is 5.93. The molecule has 1 aliphatic carbocycles. The van der Waals surface area contributed by atoms with Crippen LogP contribution in [0.25, 0.3) is 21.3 Å². The molecule has 1 heterocycles. The van der Waals surface area contributed by atoms with Gasteiger partial charge >= 0.3 is 5.97 Å². The number of azide groups is 1. The molecule has 1 fully saturated rings. The highest BCUT2D eigenvalue weighted by Crippen LogP contribution is 2.39. The van der Waals surface area contributed by atoms with E-state index in [1.165, 1.54) is 10.8 Å². The largest absolute Gasteiger partial charge is 0.462 e. The highest BCUT2D eigenvalue weighted by molar-refractivity contribution is 5.94. The molecule has 3 rings (SSSR count). The zero-order chi connectivity index (χ0) is 17.4. The standard InChI is InChI=1S/C15H12F2N4O3/c1-2-24-15(23)9-6-21(7-3-4-7)13-8(14(9)22)5-10(16)12(11(13)17)19-20-18/h5-7H,2-4H2,1H3. The van der Waals surface area contributed by atoms with Gasteiger partial charge in [-0.05, 0) is 31.4 Å². The zero-order valence-corrected chi connectivity index (χ0v) is 12.6. The van der Waals surface area contributed by atoms with E-state index >= 15 is 0 Å². The van der Waals surface area contributed by atoms with E-state index in [9.17, 15) is 18.4 Å². The van der Waals surface area contributed by atoms with Crippen LogP contribution in [0.4, 0.5) is 14.5 Å². The molecule has 0 amide bonds. The van der Waals surface area contributed by atoms with E-state index in [1.54, 1.807) is 6.92 Å². The number of esters is 1. The second-order valence-corrected chi connectivity index (χ2v) is 5.34. The van der Waals surface area contributed by atoms with Gasteiger partial charge in [0.2, 0.25) is 5.43 Å². The zero-order valence-electron chi connectivity index (χ0n) is 12.6. The normalized spacial score (nSPS) is 13.6. The molecule has 0 radical (unpaired) electrons. The lowest BCUT2D eigenvalue weighted by Gasteiger charge is -2.14. The van der Waals surface area contributed by atoms with Crippen LogP contribution in [0.5, 0.6) is 0 Å². The Labute approximate surface area is 134 Å². The molecule has 124 valence electrons. The smallest absolute Gasteiger partial charge is 0.343 e. The van der Waals surface area contributed by atoms with E-state index in [2.05, 4.69) is 10.0 Å². The maximum absolute atomic E-state index is 14.6. The summed E-state index contributed by atoms with van der Waals surface area (Å²) in [6.07, 6.45) is 2.68. The van der Waals surface area contributed by atoms with Crippen LogP contribution in [0.3, 0.4) is 0 Å². The average molecular weight is 334 g/mol. The minimum atomic E-state index is -1.17. The summed E-state index contributed by atoms with van der Waals surface area (Å²) in [4.78, 5) is 26.8. The number of pyridine rings is 1. The van der Waals surface area contributed by atoms with Crippen molar-refractivity contribution in [1.82, 2.24) is 4.57 Å². The average Bonchev–Trinajstić information content (AvgIpc) is 3.37. The number of benzene rings is 1. The Morgan fingerprint density at radius 3 is 2.79 bits per heavy atom. The first kappa shape index (κ1) is 15.9. The van der Waals surface area contributed by atoms with Gasteiger partial charge in [0.15, 0.2) is 5.82 Å². The SMILES string of the molecule is CCOC(=O)c1cn(C2CC2)c2c(F)c(N=[N+]=[N-])c(F)cc2c1=O. The number of rotatable bonds is 4. The van der Waals surface area contributed by atoms with Crippen molar-refractivity contribution in [2.24, 2.45) is 5.11 Å². The molecule has 9 heteroatoms. The summed E-state index contributed by atoms with van der Waals surface area (Å²) < 4.78 is 34.9. The van der Waals surface area contributed by atoms with Crippen molar-refractivity contribution in [3.05, 3.63) is 50.1 Å². The van der Waals surface area contributed by atoms with Crippen LogP contribution >= 0.6 is 0 Å². The van der Waals surface area contributed by atoms with Crippen molar-refractivity contribution in [3.63, 3.8) is 0 Å². The molecular formula is C15H12F2N4O3. The lowest BCUT2D eigenvalue weighted by molar-refractivity contribution is 0.0524. The van der Waals surface area contributed by atoms with Crippen LogP contribution in [-0.4, -0.2) is 17.1 Å². The Hall–Kier alpha value is -2.93. The summed E-state index contributed by atoms with van der Waals surface area (Å²) >= 11 is 0. The van der Waals surface area contributed by atoms with Crippen LogP contribution in [0.2, 0.25) is 0 Å². The highest BCUT2D eigenvalue weighted by Gasteiger charge is 2.29. The molecular weight excluding hydrogens is 322 g/mol. The number of carbonyl (C=O) groups excluding carboxylic acids is 1. The molecule has 24 heavy (non-hydrogen) atoms. The Morgan fingerprint density at radius 2 is 2.21 bits per heavy atom. The molecule has 0 saturated heterocycles. The van der Waals surface area contributed by atoms with Gasteiger partial charge in [-0.2, -0.15) is 0 Å². The van der Waals surface area contributed by atoms with Crippen molar-refractivity contribution in [2.75, 3.05) is 6.61 Å². The van der Waals surface area contributed by atoms with Gasteiger partial charge in [-0.25, -0.2) is 13.6 Å². The van der Waals surface area contributed by atoms with E-state index in [-0.39, 0.29) is 29.1 Å². The van der Waals surface area contributed by atoms with E-state index < -0.39 is 28.7 Å². The Bertz CT molecular complexity index is 960. The number of hydrogen-bond acceptors (Lipinski definition) is 4.